The summed E-state index contributed by atoms with van der Waals surface area (Å²) < 4.78 is 12.9. The summed E-state index contributed by atoms with van der Waals surface area (Å²) in [5, 5.41) is 5.39. The van der Waals surface area contributed by atoms with Gasteiger partial charge in [0.05, 0.1) is 0 Å². The van der Waals surface area contributed by atoms with Crippen LogP contribution in [0.1, 0.15) is 0 Å². The molecule has 0 aliphatic heterocycles. The van der Waals surface area contributed by atoms with Gasteiger partial charge in [-0.2, -0.15) is 0 Å². The van der Waals surface area contributed by atoms with E-state index in [2.05, 4.69) is 144 Å². The van der Waals surface area contributed by atoms with Crippen LogP contribution in [0.25, 0.3) is 88.6 Å². The molecule has 0 saturated carbocycles. The lowest BCUT2D eigenvalue weighted by molar-refractivity contribution is 0.667. The fourth-order valence-electron chi connectivity index (χ4n) is 7.84. The van der Waals surface area contributed by atoms with Gasteiger partial charge >= 0.3 is 0 Å². The van der Waals surface area contributed by atoms with E-state index in [1.807, 2.05) is 48.5 Å². The first-order valence-electron chi connectivity index (χ1n) is 18.4. The van der Waals surface area contributed by atoms with Crippen molar-refractivity contribution in [1.82, 2.24) is 9.97 Å². The second-order valence-electron chi connectivity index (χ2n) is 13.8. The zero-order chi connectivity index (χ0) is 36.3. The minimum Gasteiger partial charge on any atom is -0.456 e. The van der Waals surface area contributed by atoms with Gasteiger partial charge in [-0.15, -0.1) is 0 Å². The van der Waals surface area contributed by atoms with Crippen LogP contribution in [-0.2, 0) is 0 Å². The van der Waals surface area contributed by atoms with E-state index >= 15 is 0 Å². The number of hydrogen-bond acceptors (Lipinski definition) is 5. The van der Waals surface area contributed by atoms with E-state index < -0.39 is 0 Å². The molecule has 0 bridgehead atoms. The standard InChI is InChI=1S/C50H31N3O2/c1-3-13-34(14-4-1)47-49-48(41-18-9-10-20-43(41)55-49)52-50(51-47)42-19-11-21-44-46(42)40-29-25-36(31-45(40)54-44)33-22-26-38(27-23-33)53(37-16-5-2-6-17-37)39-28-24-32-12-7-8-15-35(32)30-39/h1-31H. The fraction of sp³-hybridized carbons (Fsp3) is 0. The maximum Gasteiger partial charge on any atom is 0.180 e. The van der Waals surface area contributed by atoms with Gasteiger partial charge < -0.3 is 13.7 Å². The summed E-state index contributed by atoms with van der Waals surface area (Å²) in [5.41, 5.74) is 12.0. The first-order valence-corrected chi connectivity index (χ1v) is 18.4. The molecule has 3 heterocycles. The highest BCUT2D eigenvalue weighted by Crippen LogP contribution is 2.41. The number of rotatable bonds is 6. The predicted octanol–water partition coefficient (Wildman–Crippen LogP) is 13.9. The summed E-state index contributed by atoms with van der Waals surface area (Å²) in [6, 6.07) is 65.1. The average molecular weight is 706 g/mol. The molecule has 0 saturated heterocycles. The molecule has 0 N–H and O–H groups in total. The molecule has 11 rings (SSSR count). The highest BCUT2D eigenvalue weighted by Gasteiger charge is 2.21. The smallest absolute Gasteiger partial charge is 0.180 e. The van der Waals surface area contributed by atoms with Crippen LogP contribution in [0.5, 0.6) is 0 Å². The van der Waals surface area contributed by atoms with E-state index in [1.165, 1.54) is 10.8 Å². The first-order chi connectivity index (χ1) is 27.2. The molecule has 0 fully saturated rings. The maximum atomic E-state index is 6.56. The fourth-order valence-corrected chi connectivity index (χ4v) is 7.84. The Morgan fingerprint density at radius 2 is 1.09 bits per heavy atom. The van der Waals surface area contributed by atoms with Gasteiger partial charge in [0, 0.05) is 44.3 Å². The number of anilines is 3. The van der Waals surface area contributed by atoms with Gasteiger partial charge in [-0.1, -0.05) is 121 Å². The van der Waals surface area contributed by atoms with Crippen molar-refractivity contribution in [2.75, 3.05) is 4.90 Å². The number of nitrogens with zero attached hydrogens (tertiary/aromatic N) is 3. The molecular weight excluding hydrogens is 675 g/mol. The number of hydrogen-bond donors (Lipinski definition) is 0. The number of benzene rings is 8. The largest absolute Gasteiger partial charge is 0.456 e. The van der Waals surface area contributed by atoms with Crippen molar-refractivity contribution in [1.29, 1.82) is 0 Å². The van der Waals surface area contributed by atoms with Crippen molar-refractivity contribution in [3.63, 3.8) is 0 Å². The Labute approximate surface area is 316 Å². The van der Waals surface area contributed by atoms with Gasteiger partial charge in [0.25, 0.3) is 0 Å². The molecule has 8 aromatic carbocycles. The molecule has 0 aliphatic carbocycles. The molecule has 0 amide bonds. The molecule has 5 heteroatoms. The van der Waals surface area contributed by atoms with Crippen molar-refractivity contribution >= 4 is 71.8 Å². The summed E-state index contributed by atoms with van der Waals surface area (Å²) in [4.78, 5) is 12.6. The van der Waals surface area contributed by atoms with Gasteiger partial charge in [0.15, 0.2) is 11.4 Å². The molecule has 0 atom stereocenters. The Morgan fingerprint density at radius 3 is 1.95 bits per heavy atom. The minimum atomic E-state index is 0.625. The van der Waals surface area contributed by atoms with E-state index in [0.29, 0.717) is 11.4 Å². The Morgan fingerprint density at radius 1 is 0.400 bits per heavy atom. The Balaban J connectivity index is 1.00. The normalized spacial score (nSPS) is 11.6. The number of para-hydroxylation sites is 2. The third-order valence-electron chi connectivity index (χ3n) is 10.5. The number of fused-ring (bicyclic) bond motifs is 7. The predicted molar refractivity (Wildman–Crippen MR) is 225 cm³/mol. The van der Waals surface area contributed by atoms with Crippen molar-refractivity contribution in [3.8, 4) is 33.8 Å². The molecule has 3 aromatic heterocycles. The number of aromatic nitrogens is 2. The molecule has 55 heavy (non-hydrogen) atoms. The average Bonchev–Trinajstić information content (AvgIpc) is 3.82. The summed E-state index contributed by atoms with van der Waals surface area (Å²) in [5.74, 6) is 0.625. The summed E-state index contributed by atoms with van der Waals surface area (Å²) in [6.45, 7) is 0. The third-order valence-corrected chi connectivity index (χ3v) is 10.5. The Hall–Kier alpha value is -7.50. The number of furan rings is 2. The molecule has 0 aliphatic rings. The molecule has 0 unspecified atom stereocenters. The van der Waals surface area contributed by atoms with Crippen LogP contribution >= 0.6 is 0 Å². The Kier molecular flexibility index (Phi) is 7.10. The lowest BCUT2D eigenvalue weighted by atomic mass is 10.0. The molecule has 0 spiro atoms. The van der Waals surface area contributed by atoms with Crippen LogP contribution < -0.4 is 4.90 Å². The zero-order valence-electron chi connectivity index (χ0n) is 29.6. The van der Waals surface area contributed by atoms with Crippen LogP contribution in [0, 0.1) is 0 Å². The SMILES string of the molecule is c1ccc(-c2nc(-c3cccc4oc5cc(-c6ccc(N(c7ccccc7)c7ccc8ccccc8c7)cc6)ccc5c34)nc3c2oc2ccccc23)cc1. The van der Waals surface area contributed by atoms with E-state index in [4.69, 9.17) is 18.8 Å². The summed E-state index contributed by atoms with van der Waals surface area (Å²) in [7, 11) is 0. The van der Waals surface area contributed by atoms with Crippen LogP contribution in [0.3, 0.4) is 0 Å². The van der Waals surface area contributed by atoms with Crippen molar-refractivity contribution < 1.29 is 8.83 Å². The van der Waals surface area contributed by atoms with E-state index in [-0.39, 0.29) is 0 Å². The molecule has 258 valence electrons. The van der Waals surface area contributed by atoms with Gasteiger partial charge in [-0.25, -0.2) is 9.97 Å². The summed E-state index contributed by atoms with van der Waals surface area (Å²) >= 11 is 0. The first kappa shape index (κ1) is 31.1. The van der Waals surface area contributed by atoms with Crippen molar-refractivity contribution in [2.45, 2.75) is 0 Å². The van der Waals surface area contributed by atoms with E-state index in [1.54, 1.807) is 0 Å². The quantitative estimate of drug-likeness (QED) is 0.172. The Bertz CT molecular complexity index is 3200. The molecule has 5 nitrogen and oxygen atoms in total. The van der Waals surface area contributed by atoms with Crippen LogP contribution in [0.2, 0.25) is 0 Å². The van der Waals surface area contributed by atoms with E-state index in [9.17, 15) is 0 Å². The third kappa shape index (κ3) is 5.24. The van der Waals surface area contributed by atoms with Gasteiger partial charge in [0.2, 0.25) is 0 Å². The van der Waals surface area contributed by atoms with Crippen LogP contribution in [-0.4, -0.2) is 9.97 Å². The monoisotopic (exact) mass is 705 g/mol. The highest BCUT2D eigenvalue weighted by molar-refractivity contribution is 6.13. The second-order valence-corrected chi connectivity index (χ2v) is 13.8. The molecular formula is C50H31N3O2. The van der Waals surface area contributed by atoms with Crippen LogP contribution in [0.4, 0.5) is 17.1 Å². The lowest BCUT2D eigenvalue weighted by Crippen LogP contribution is -2.09. The second kappa shape index (κ2) is 12.6. The maximum absolute atomic E-state index is 6.56. The molecule has 11 aromatic rings. The van der Waals surface area contributed by atoms with Gasteiger partial charge in [-0.05, 0) is 88.6 Å². The minimum absolute atomic E-state index is 0.625. The van der Waals surface area contributed by atoms with Crippen molar-refractivity contribution in [3.05, 3.63) is 188 Å². The van der Waals surface area contributed by atoms with E-state index in [0.717, 1.165) is 83.4 Å². The van der Waals surface area contributed by atoms with Gasteiger partial charge in [-0.3, -0.25) is 0 Å². The molecule has 0 radical (unpaired) electrons. The topological polar surface area (TPSA) is 55.3 Å². The summed E-state index contributed by atoms with van der Waals surface area (Å²) in [6.07, 6.45) is 0. The van der Waals surface area contributed by atoms with Crippen molar-refractivity contribution in [2.24, 2.45) is 0 Å². The lowest BCUT2D eigenvalue weighted by Gasteiger charge is -2.26. The highest BCUT2D eigenvalue weighted by atomic mass is 16.3. The zero-order valence-corrected chi connectivity index (χ0v) is 29.6. The van der Waals surface area contributed by atoms with Crippen LogP contribution in [0.15, 0.2) is 197 Å². The van der Waals surface area contributed by atoms with Gasteiger partial charge in [0.1, 0.15) is 28.0 Å².